The number of aromatic nitrogens is 2. The van der Waals surface area contributed by atoms with E-state index in [1.165, 1.54) is 4.31 Å². The van der Waals surface area contributed by atoms with Crippen molar-refractivity contribution >= 4 is 21.9 Å². The summed E-state index contributed by atoms with van der Waals surface area (Å²) in [5, 5.41) is 10.6. The number of carbonyl (C=O) groups is 1. The first-order valence-corrected chi connectivity index (χ1v) is 12.5. The minimum Gasteiger partial charge on any atom is -0.486 e. The zero-order valence-electron chi connectivity index (χ0n) is 18.6. The van der Waals surface area contributed by atoms with Gasteiger partial charge in [-0.25, -0.2) is 8.42 Å². The smallest absolute Gasteiger partial charge is 0.322 e. The minimum absolute atomic E-state index is 0.00963. The fourth-order valence-corrected chi connectivity index (χ4v) is 5.46. The van der Waals surface area contributed by atoms with Crippen LogP contribution in [-0.2, 0) is 14.8 Å². The second-order valence-corrected chi connectivity index (χ2v) is 10.2. The third kappa shape index (κ3) is 4.48. The normalized spacial score (nSPS) is 16.9. The molecule has 0 atom stereocenters. The molecule has 2 aliphatic heterocycles. The standard InChI is InChI=1S/C23H24N4O6S/c1-15-2-5-18(6-3-15)34(29,30)27-10-8-16(9-11-27)21(28)24-23-26-25-22(33-23)17-4-7-19-20(14-17)32-13-12-31-19/h2-7,14,16H,8-13H2,1H3,(H,24,26,28). The first kappa shape index (κ1) is 22.4. The maximum Gasteiger partial charge on any atom is 0.322 e. The van der Waals surface area contributed by atoms with Gasteiger partial charge in [0.2, 0.25) is 21.8 Å². The molecular formula is C23H24N4O6S. The average molecular weight is 485 g/mol. The molecule has 178 valence electrons. The lowest BCUT2D eigenvalue weighted by atomic mass is 9.97. The quantitative estimate of drug-likeness (QED) is 0.586. The SMILES string of the molecule is Cc1ccc(S(=O)(=O)N2CCC(C(=O)Nc3nnc(-c4ccc5c(c4)OCCO5)o3)CC2)cc1. The molecule has 2 aromatic carbocycles. The van der Waals surface area contributed by atoms with Crippen LogP contribution in [0.5, 0.6) is 11.5 Å². The molecule has 1 saturated heterocycles. The number of ether oxygens (including phenoxy) is 2. The van der Waals surface area contributed by atoms with Crippen LogP contribution in [-0.4, -0.2) is 55.1 Å². The van der Waals surface area contributed by atoms with Crippen LogP contribution in [0.15, 0.2) is 51.8 Å². The van der Waals surface area contributed by atoms with Crippen LogP contribution in [0.2, 0.25) is 0 Å². The lowest BCUT2D eigenvalue weighted by Crippen LogP contribution is -2.41. The highest BCUT2D eigenvalue weighted by Gasteiger charge is 2.32. The lowest BCUT2D eigenvalue weighted by molar-refractivity contribution is -0.121. The topological polar surface area (TPSA) is 124 Å². The molecule has 34 heavy (non-hydrogen) atoms. The van der Waals surface area contributed by atoms with Gasteiger partial charge in [-0.1, -0.05) is 22.8 Å². The van der Waals surface area contributed by atoms with Gasteiger partial charge in [-0.3, -0.25) is 10.1 Å². The third-order valence-corrected chi connectivity index (χ3v) is 7.84. The van der Waals surface area contributed by atoms with E-state index < -0.39 is 10.0 Å². The fourth-order valence-electron chi connectivity index (χ4n) is 3.99. The van der Waals surface area contributed by atoms with E-state index >= 15 is 0 Å². The highest BCUT2D eigenvalue weighted by molar-refractivity contribution is 7.89. The molecule has 10 nitrogen and oxygen atoms in total. The Hall–Kier alpha value is -3.44. The molecule has 1 N–H and O–H groups in total. The Kier molecular flexibility index (Phi) is 5.96. The Morgan fingerprint density at radius 1 is 1.00 bits per heavy atom. The molecule has 11 heteroatoms. The summed E-state index contributed by atoms with van der Waals surface area (Å²) in [5.74, 6) is 0.865. The molecule has 5 rings (SSSR count). The number of hydrogen-bond donors (Lipinski definition) is 1. The molecule has 0 aliphatic carbocycles. The van der Waals surface area contributed by atoms with Gasteiger partial charge in [-0.2, -0.15) is 4.31 Å². The number of rotatable bonds is 5. The number of amides is 1. The monoisotopic (exact) mass is 484 g/mol. The Bertz CT molecular complexity index is 1300. The minimum atomic E-state index is -3.58. The molecule has 0 spiro atoms. The van der Waals surface area contributed by atoms with E-state index in [0.29, 0.717) is 43.1 Å². The van der Waals surface area contributed by atoms with Gasteiger partial charge in [0.15, 0.2) is 11.5 Å². The molecule has 3 heterocycles. The summed E-state index contributed by atoms with van der Waals surface area (Å²) in [6, 6.07) is 12.0. The lowest BCUT2D eigenvalue weighted by Gasteiger charge is -2.30. The van der Waals surface area contributed by atoms with Crippen molar-refractivity contribution in [3.8, 4) is 23.0 Å². The van der Waals surface area contributed by atoms with E-state index in [1.807, 2.05) is 6.92 Å². The van der Waals surface area contributed by atoms with Crippen LogP contribution in [0, 0.1) is 12.8 Å². The number of nitrogens with one attached hydrogen (secondary N) is 1. The number of benzene rings is 2. The summed E-state index contributed by atoms with van der Waals surface area (Å²) in [6.07, 6.45) is 0.806. The van der Waals surface area contributed by atoms with Gasteiger partial charge in [-0.15, -0.1) is 5.10 Å². The van der Waals surface area contributed by atoms with Gasteiger partial charge in [0, 0.05) is 24.6 Å². The number of piperidine rings is 1. The summed E-state index contributed by atoms with van der Waals surface area (Å²) in [5.41, 5.74) is 1.64. The predicted molar refractivity (Wildman–Crippen MR) is 122 cm³/mol. The van der Waals surface area contributed by atoms with Crippen LogP contribution in [0.4, 0.5) is 6.01 Å². The maximum absolute atomic E-state index is 12.9. The van der Waals surface area contributed by atoms with Crippen molar-refractivity contribution in [1.29, 1.82) is 0 Å². The molecular weight excluding hydrogens is 460 g/mol. The van der Waals surface area contributed by atoms with Crippen molar-refractivity contribution in [2.75, 3.05) is 31.6 Å². The van der Waals surface area contributed by atoms with Crippen molar-refractivity contribution in [3.05, 3.63) is 48.0 Å². The van der Waals surface area contributed by atoms with Crippen LogP contribution < -0.4 is 14.8 Å². The zero-order chi connectivity index (χ0) is 23.7. The molecule has 3 aromatic rings. The second kappa shape index (κ2) is 9.07. The summed E-state index contributed by atoms with van der Waals surface area (Å²) < 4.78 is 43.8. The number of carbonyl (C=O) groups excluding carboxylic acids is 1. The number of sulfonamides is 1. The molecule has 0 radical (unpaired) electrons. The maximum atomic E-state index is 12.9. The first-order valence-electron chi connectivity index (χ1n) is 11.0. The van der Waals surface area contributed by atoms with E-state index in [2.05, 4.69) is 15.5 Å². The van der Waals surface area contributed by atoms with Crippen LogP contribution >= 0.6 is 0 Å². The molecule has 0 bridgehead atoms. The number of fused-ring (bicyclic) bond motifs is 1. The van der Waals surface area contributed by atoms with Gasteiger partial charge >= 0.3 is 6.01 Å². The van der Waals surface area contributed by atoms with Gasteiger partial charge < -0.3 is 13.9 Å². The van der Waals surface area contributed by atoms with E-state index in [9.17, 15) is 13.2 Å². The van der Waals surface area contributed by atoms with Crippen molar-refractivity contribution in [1.82, 2.24) is 14.5 Å². The second-order valence-electron chi connectivity index (χ2n) is 8.25. The third-order valence-electron chi connectivity index (χ3n) is 5.93. The first-order chi connectivity index (χ1) is 16.4. The average Bonchev–Trinajstić information content (AvgIpc) is 3.32. The van der Waals surface area contributed by atoms with Gasteiger partial charge in [0.25, 0.3) is 0 Å². The highest BCUT2D eigenvalue weighted by atomic mass is 32.2. The van der Waals surface area contributed by atoms with E-state index in [-0.39, 0.29) is 41.7 Å². The van der Waals surface area contributed by atoms with Crippen LogP contribution in [0.1, 0.15) is 18.4 Å². The summed E-state index contributed by atoms with van der Waals surface area (Å²) in [4.78, 5) is 13.0. The molecule has 0 saturated carbocycles. The van der Waals surface area contributed by atoms with E-state index in [1.54, 1.807) is 42.5 Å². The fraction of sp³-hybridized carbons (Fsp3) is 0.348. The molecule has 0 unspecified atom stereocenters. The summed E-state index contributed by atoms with van der Waals surface area (Å²) >= 11 is 0. The van der Waals surface area contributed by atoms with Crippen LogP contribution in [0.3, 0.4) is 0 Å². The van der Waals surface area contributed by atoms with Gasteiger partial charge in [0.1, 0.15) is 13.2 Å². The van der Waals surface area contributed by atoms with Gasteiger partial charge in [0.05, 0.1) is 4.90 Å². The molecule has 2 aliphatic rings. The molecule has 1 fully saturated rings. The molecule has 1 amide bonds. The number of nitrogens with zero attached hydrogens (tertiary/aromatic N) is 3. The van der Waals surface area contributed by atoms with E-state index in [4.69, 9.17) is 13.9 Å². The summed E-state index contributed by atoms with van der Waals surface area (Å²) in [7, 11) is -3.58. The Morgan fingerprint density at radius 3 is 2.44 bits per heavy atom. The molecule has 1 aromatic heterocycles. The van der Waals surface area contributed by atoms with E-state index in [0.717, 1.165) is 5.56 Å². The Labute approximate surface area is 196 Å². The Morgan fingerprint density at radius 2 is 1.71 bits per heavy atom. The number of hydrogen-bond acceptors (Lipinski definition) is 8. The summed E-state index contributed by atoms with van der Waals surface area (Å²) in [6.45, 7) is 3.40. The highest BCUT2D eigenvalue weighted by Crippen LogP contribution is 2.34. The van der Waals surface area contributed by atoms with Crippen LogP contribution in [0.25, 0.3) is 11.5 Å². The largest absolute Gasteiger partial charge is 0.486 e. The van der Waals surface area contributed by atoms with Gasteiger partial charge in [-0.05, 0) is 50.1 Å². The predicted octanol–water partition coefficient (Wildman–Crippen LogP) is 2.86. The van der Waals surface area contributed by atoms with Crippen molar-refractivity contribution in [2.24, 2.45) is 5.92 Å². The van der Waals surface area contributed by atoms with Crippen molar-refractivity contribution < 1.29 is 27.1 Å². The zero-order valence-corrected chi connectivity index (χ0v) is 19.4. The van der Waals surface area contributed by atoms with Crippen molar-refractivity contribution in [2.45, 2.75) is 24.7 Å². The number of aryl methyl sites for hydroxylation is 1. The van der Waals surface area contributed by atoms with Crippen molar-refractivity contribution in [3.63, 3.8) is 0 Å². The Balaban J connectivity index is 1.19. The number of anilines is 1.